The van der Waals surface area contributed by atoms with E-state index in [9.17, 15) is 0 Å². The van der Waals surface area contributed by atoms with Crippen molar-refractivity contribution >= 4 is 45.5 Å². The molecule has 0 amide bonds. The van der Waals surface area contributed by atoms with E-state index in [1.807, 2.05) is 24.4 Å². The molecule has 1 aliphatic carbocycles. The van der Waals surface area contributed by atoms with Crippen LogP contribution in [0.2, 0.25) is 0 Å². The maximum Gasteiger partial charge on any atom is 0.202 e. The molecule has 118 valence electrons. The largest absolute Gasteiger partial charge is 0.367 e. The Balaban J connectivity index is 1.37. The van der Waals surface area contributed by atoms with Gasteiger partial charge < -0.3 is 15.6 Å². The molecular weight excluding hydrogens is 403 g/mol. The number of nitrogens with one attached hydrogen (secondary N) is 3. The van der Waals surface area contributed by atoms with E-state index in [2.05, 4.69) is 59.2 Å². The molecule has 0 unspecified atom stereocenters. The Morgan fingerprint density at radius 2 is 1.96 bits per heavy atom. The quantitative estimate of drug-likeness (QED) is 0.564. The highest BCUT2D eigenvalue weighted by Gasteiger charge is 2.25. The Morgan fingerprint density at radius 3 is 2.74 bits per heavy atom. The van der Waals surface area contributed by atoms with E-state index in [0.29, 0.717) is 12.1 Å². The van der Waals surface area contributed by atoms with Gasteiger partial charge in [0.15, 0.2) is 5.65 Å². The molecule has 4 rings (SSSR count). The molecule has 1 fully saturated rings. The molecule has 7 heteroatoms. The zero-order chi connectivity index (χ0) is 15.6. The Morgan fingerprint density at radius 1 is 1.09 bits per heavy atom. The molecule has 1 saturated carbocycles. The van der Waals surface area contributed by atoms with Gasteiger partial charge in [-0.1, -0.05) is 0 Å². The minimum atomic E-state index is 0.414. The number of rotatable bonds is 4. The molecule has 0 aromatic carbocycles. The number of aromatic nitrogens is 4. The fourth-order valence-corrected chi connectivity index (χ4v) is 3.34. The van der Waals surface area contributed by atoms with E-state index >= 15 is 0 Å². The molecule has 1 aliphatic rings. The van der Waals surface area contributed by atoms with Crippen LogP contribution in [-0.4, -0.2) is 32.0 Å². The lowest BCUT2D eigenvalue weighted by Crippen LogP contribution is -2.21. The van der Waals surface area contributed by atoms with Crippen LogP contribution < -0.4 is 10.6 Å². The van der Waals surface area contributed by atoms with Gasteiger partial charge in [0.1, 0.15) is 11.3 Å². The number of aromatic amines is 1. The van der Waals surface area contributed by atoms with Crippen LogP contribution in [-0.2, 0) is 0 Å². The lowest BCUT2D eigenvalue weighted by Gasteiger charge is -2.14. The van der Waals surface area contributed by atoms with Gasteiger partial charge in [0.05, 0.1) is 0 Å². The van der Waals surface area contributed by atoms with Crippen molar-refractivity contribution in [2.45, 2.75) is 31.3 Å². The number of anilines is 2. The standard InChI is InChI=1S/C16H17IN6/c17-10-3-6-14(19-9-10)20-11-4-5-12(8-11)21-16-22-13-2-1-7-18-15(13)23-16/h1-3,6-7,9,11-12H,4-5,8H2,(H,19,20)(H2,18,21,22,23)/t11-,12-/m0/s1. The summed E-state index contributed by atoms with van der Waals surface area (Å²) in [6.45, 7) is 0. The zero-order valence-electron chi connectivity index (χ0n) is 12.5. The van der Waals surface area contributed by atoms with Gasteiger partial charge >= 0.3 is 0 Å². The number of H-pyrrole nitrogens is 1. The highest BCUT2D eigenvalue weighted by molar-refractivity contribution is 14.1. The average molecular weight is 420 g/mol. The van der Waals surface area contributed by atoms with E-state index in [-0.39, 0.29) is 0 Å². The molecular formula is C16H17IN6. The summed E-state index contributed by atoms with van der Waals surface area (Å²) >= 11 is 2.27. The lowest BCUT2D eigenvalue weighted by atomic mass is 10.2. The van der Waals surface area contributed by atoms with Crippen LogP contribution in [0.1, 0.15) is 19.3 Å². The second-order valence-corrected chi connectivity index (χ2v) is 7.06. The molecule has 0 saturated heterocycles. The zero-order valence-corrected chi connectivity index (χ0v) is 14.6. The molecule has 3 aromatic rings. The predicted molar refractivity (Wildman–Crippen MR) is 99.5 cm³/mol. The first-order chi connectivity index (χ1) is 11.3. The van der Waals surface area contributed by atoms with Gasteiger partial charge in [-0.3, -0.25) is 0 Å². The Kier molecular flexibility index (Phi) is 4.02. The van der Waals surface area contributed by atoms with Crippen molar-refractivity contribution in [2.24, 2.45) is 0 Å². The number of imidazole rings is 1. The van der Waals surface area contributed by atoms with Crippen molar-refractivity contribution in [1.29, 1.82) is 0 Å². The van der Waals surface area contributed by atoms with Crippen molar-refractivity contribution in [1.82, 2.24) is 19.9 Å². The summed E-state index contributed by atoms with van der Waals surface area (Å²) in [6.07, 6.45) is 6.96. The molecule has 3 aromatic heterocycles. The molecule has 0 bridgehead atoms. The average Bonchev–Trinajstić information content (AvgIpc) is 3.16. The molecule has 3 heterocycles. The fourth-order valence-electron chi connectivity index (χ4n) is 3.02. The number of halogens is 1. The number of hydrogen-bond donors (Lipinski definition) is 3. The van der Waals surface area contributed by atoms with Gasteiger partial charge in [-0.15, -0.1) is 0 Å². The molecule has 0 aliphatic heterocycles. The van der Waals surface area contributed by atoms with Crippen LogP contribution >= 0.6 is 22.6 Å². The van der Waals surface area contributed by atoms with Crippen LogP contribution in [0.5, 0.6) is 0 Å². The molecule has 23 heavy (non-hydrogen) atoms. The van der Waals surface area contributed by atoms with E-state index in [4.69, 9.17) is 0 Å². The lowest BCUT2D eigenvalue weighted by molar-refractivity contribution is 0.718. The second kappa shape index (κ2) is 6.31. The van der Waals surface area contributed by atoms with E-state index in [1.165, 1.54) is 0 Å². The predicted octanol–water partition coefficient (Wildman–Crippen LogP) is 3.40. The highest BCUT2D eigenvalue weighted by Crippen LogP contribution is 2.25. The van der Waals surface area contributed by atoms with Crippen LogP contribution in [0.15, 0.2) is 36.7 Å². The summed E-state index contributed by atoms with van der Waals surface area (Å²) in [4.78, 5) is 16.4. The monoisotopic (exact) mass is 420 g/mol. The SMILES string of the molecule is Ic1ccc(N[C@H]2CC[C@H](Nc3nc4cccnc4[nH]3)C2)nc1. The minimum Gasteiger partial charge on any atom is -0.367 e. The second-order valence-electron chi connectivity index (χ2n) is 5.81. The van der Waals surface area contributed by atoms with Crippen molar-refractivity contribution in [3.05, 3.63) is 40.2 Å². The summed E-state index contributed by atoms with van der Waals surface area (Å²) in [6, 6.07) is 8.83. The van der Waals surface area contributed by atoms with Gasteiger partial charge in [0, 0.05) is 28.0 Å². The third-order valence-corrected chi connectivity index (χ3v) is 4.75. The highest BCUT2D eigenvalue weighted by atomic mass is 127. The minimum absolute atomic E-state index is 0.414. The molecule has 2 atom stereocenters. The molecule has 6 nitrogen and oxygen atoms in total. The normalized spacial score (nSPS) is 20.7. The van der Waals surface area contributed by atoms with E-state index in [1.54, 1.807) is 6.20 Å². The van der Waals surface area contributed by atoms with Crippen molar-refractivity contribution in [2.75, 3.05) is 10.6 Å². The van der Waals surface area contributed by atoms with Gasteiger partial charge in [0.25, 0.3) is 0 Å². The first-order valence-electron chi connectivity index (χ1n) is 7.71. The number of nitrogens with zero attached hydrogens (tertiary/aromatic N) is 3. The van der Waals surface area contributed by atoms with Crippen molar-refractivity contribution in [3.63, 3.8) is 0 Å². The number of fused-ring (bicyclic) bond motifs is 1. The third-order valence-electron chi connectivity index (χ3n) is 4.11. The Hall–Kier alpha value is -1.90. The Labute approximate surface area is 147 Å². The first-order valence-corrected chi connectivity index (χ1v) is 8.79. The number of hydrogen-bond acceptors (Lipinski definition) is 5. The fraction of sp³-hybridized carbons (Fsp3) is 0.312. The summed E-state index contributed by atoms with van der Waals surface area (Å²) in [7, 11) is 0. The topological polar surface area (TPSA) is 78.5 Å². The first kappa shape index (κ1) is 14.7. The van der Waals surface area contributed by atoms with Crippen molar-refractivity contribution in [3.8, 4) is 0 Å². The summed E-state index contributed by atoms with van der Waals surface area (Å²) < 4.78 is 1.15. The van der Waals surface area contributed by atoms with Gasteiger partial charge in [-0.25, -0.2) is 15.0 Å². The summed E-state index contributed by atoms with van der Waals surface area (Å²) in [5, 5.41) is 7.00. The molecule has 0 radical (unpaired) electrons. The van der Waals surface area contributed by atoms with Gasteiger partial charge in [-0.2, -0.15) is 0 Å². The van der Waals surface area contributed by atoms with E-state index in [0.717, 1.165) is 45.8 Å². The van der Waals surface area contributed by atoms with Gasteiger partial charge in [0.2, 0.25) is 5.95 Å². The molecule has 0 spiro atoms. The van der Waals surface area contributed by atoms with E-state index < -0.39 is 0 Å². The van der Waals surface area contributed by atoms with Crippen LogP contribution in [0.25, 0.3) is 11.2 Å². The summed E-state index contributed by atoms with van der Waals surface area (Å²) in [5.41, 5.74) is 1.72. The smallest absolute Gasteiger partial charge is 0.202 e. The van der Waals surface area contributed by atoms with Crippen LogP contribution in [0.4, 0.5) is 11.8 Å². The van der Waals surface area contributed by atoms with Gasteiger partial charge in [-0.05, 0) is 66.1 Å². The molecule has 3 N–H and O–H groups in total. The maximum atomic E-state index is 4.53. The number of pyridine rings is 2. The summed E-state index contributed by atoms with van der Waals surface area (Å²) in [5.74, 6) is 1.75. The van der Waals surface area contributed by atoms with Crippen molar-refractivity contribution < 1.29 is 0 Å². The Bertz CT molecular complexity index is 767. The van der Waals surface area contributed by atoms with Crippen LogP contribution in [0.3, 0.4) is 0 Å². The maximum absolute atomic E-state index is 4.53. The third kappa shape index (κ3) is 3.39. The van der Waals surface area contributed by atoms with Crippen LogP contribution in [0, 0.1) is 3.57 Å².